The van der Waals surface area contributed by atoms with Gasteiger partial charge in [0.1, 0.15) is 11.6 Å². The van der Waals surface area contributed by atoms with E-state index < -0.39 is 17.6 Å². The Labute approximate surface area is 130 Å². The molecule has 0 aromatic heterocycles. The number of benzene rings is 2. The van der Waals surface area contributed by atoms with Crippen LogP contribution in [-0.4, -0.2) is 18.4 Å². The molecule has 114 valence electrons. The van der Waals surface area contributed by atoms with Gasteiger partial charge in [0, 0.05) is 10.7 Å². The van der Waals surface area contributed by atoms with Crippen molar-refractivity contribution in [2.24, 2.45) is 5.73 Å². The molecule has 0 spiro atoms. The molecule has 0 saturated carbocycles. The molecule has 0 fully saturated rings. The minimum Gasteiger partial charge on any atom is -0.484 e. The van der Waals surface area contributed by atoms with Crippen LogP contribution in [0.2, 0.25) is 5.02 Å². The maximum atomic E-state index is 13.6. The predicted molar refractivity (Wildman–Crippen MR) is 80.5 cm³/mol. The third-order valence-corrected chi connectivity index (χ3v) is 2.90. The fourth-order valence-electron chi connectivity index (χ4n) is 1.66. The van der Waals surface area contributed by atoms with Crippen molar-refractivity contribution in [3.8, 4) is 5.75 Å². The molecule has 0 aliphatic heterocycles. The summed E-state index contributed by atoms with van der Waals surface area (Å²) in [5, 5.41) is 2.75. The zero-order valence-corrected chi connectivity index (χ0v) is 12.1. The van der Waals surface area contributed by atoms with E-state index in [-0.39, 0.29) is 17.2 Å². The summed E-state index contributed by atoms with van der Waals surface area (Å²) in [7, 11) is 0. The summed E-state index contributed by atoms with van der Waals surface area (Å²) in [4.78, 5) is 22.6. The maximum Gasteiger partial charge on any atom is 0.258 e. The number of primary amides is 1. The van der Waals surface area contributed by atoms with Gasteiger partial charge in [-0.25, -0.2) is 4.39 Å². The van der Waals surface area contributed by atoms with Crippen LogP contribution in [0.4, 0.5) is 10.1 Å². The van der Waals surface area contributed by atoms with Gasteiger partial charge in [-0.15, -0.1) is 0 Å². The number of ether oxygens (including phenoxy) is 1. The fraction of sp³-hybridized carbons (Fsp3) is 0.0667. The molecule has 0 heterocycles. The molecule has 5 nitrogen and oxygen atoms in total. The van der Waals surface area contributed by atoms with E-state index in [2.05, 4.69) is 5.32 Å². The Kier molecular flexibility index (Phi) is 4.95. The highest BCUT2D eigenvalue weighted by Crippen LogP contribution is 2.18. The minimum absolute atomic E-state index is 0.113. The van der Waals surface area contributed by atoms with Gasteiger partial charge in [-0.1, -0.05) is 11.6 Å². The number of hydrogen-bond acceptors (Lipinski definition) is 3. The molecule has 0 unspecified atom stereocenters. The van der Waals surface area contributed by atoms with Crippen LogP contribution in [0.15, 0.2) is 42.5 Å². The highest BCUT2D eigenvalue weighted by Gasteiger charge is 2.12. The van der Waals surface area contributed by atoms with Crippen LogP contribution in [0, 0.1) is 5.82 Å². The first-order valence-electron chi connectivity index (χ1n) is 6.23. The van der Waals surface area contributed by atoms with Crippen molar-refractivity contribution in [1.82, 2.24) is 0 Å². The van der Waals surface area contributed by atoms with Crippen molar-refractivity contribution in [1.29, 1.82) is 0 Å². The second-order valence-corrected chi connectivity index (χ2v) is 4.79. The molecule has 22 heavy (non-hydrogen) atoms. The summed E-state index contributed by atoms with van der Waals surface area (Å²) in [6.45, 7) is -0.234. The van der Waals surface area contributed by atoms with E-state index in [0.29, 0.717) is 11.4 Å². The molecular formula is C15H12ClFN2O3. The van der Waals surface area contributed by atoms with Gasteiger partial charge in [-0.2, -0.15) is 0 Å². The topological polar surface area (TPSA) is 81.4 Å². The smallest absolute Gasteiger partial charge is 0.258 e. The lowest BCUT2D eigenvalue weighted by Crippen LogP contribution is -2.20. The van der Waals surface area contributed by atoms with Gasteiger partial charge in [-0.3, -0.25) is 9.59 Å². The van der Waals surface area contributed by atoms with Crippen LogP contribution in [0.25, 0.3) is 0 Å². The fourth-order valence-corrected chi connectivity index (χ4v) is 1.82. The Balaban J connectivity index is 2.04. The third-order valence-electron chi connectivity index (χ3n) is 2.67. The minimum atomic E-state index is -0.702. The van der Waals surface area contributed by atoms with Gasteiger partial charge in [0.15, 0.2) is 6.61 Å². The average molecular weight is 323 g/mol. The normalized spacial score (nSPS) is 10.1. The van der Waals surface area contributed by atoms with Crippen molar-refractivity contribution < 1.29 is 18.7 Å². The van der Waals surface area contributed by atoms with Gasteiger partial charge >= 0.3 is 0 Å². The van der Waals surface area contributed by atoms with Gasteiger partial charge in [0.2, 0.25) is 0 Å². The SMILES string of the molecule is NC(=O)COc1ccc(NC(=O)c2ccc(Cl)cc2F)cc1. The molecule has 0 saturated heterocycles. The molecule has 0 bridgehead atoms. The van der Waals surface area contributed by atoms with E-state index in [0.717, 1.165) is 6.07 Å². The molecule has 3 N–H and O–H groups in total. The molecule has 2 aromatic rings. The number of amides is 2. The van der Waals surface area contributed by atoms with Crippen molar-refractivity contribution in [3.63, 3.8) is 0 Å². The van der Waals surface area contributed by atoms with E-state index >= 15 is 0 Å². The lowest BCUT2D eigenvalue weighted by Gasteiger charge is -2.08. The lowest BCUT2D eigenvalue weighted by atomic mass is 10.2. The van der Waals surface area contributed by atoms with E-state index in [1.165, 1.54) is 12.1 Å². The molecule has 0 aliphatic carbocycles. The number of rotatable bonds is 5. The van der Waals surface area contributed by atoms with E-state index in [1.54, 1.807) is 24.3 Å². The van der Waals surface area contributed by atoms with Gasteiger partial charge < -0.3 is 15.8 Å². The van der Waals surface area contributed by atoms with Crippen molar-refractivity contribution in [2.75, 3.05) is 11.9 Å². The standard InChI is InChI=1S/C15H12ClFN2O3/c16-9-1-6-12(13(17)7-9)15(21)19-10-2-4-11(5-3-10)22-8-14(18)20/h1-7H,8H2,(H2,18,20)(H,19,21). The highest BCUT2D eigenvalue weighted by molar-refractivity contribution is 6.30. The number of nitrogens with one attached hydrogen (secondary N) is 1. The molecule has 2 aromatic carbocycles. The van der Waals surface area contributed by atoms with Crippen LogP contribution in [0.3, 0.4) is 0 Å². The second kappa shape index (κ2) is 6.91. The monoisotopic (exact) mass is 322 g/mol. The highest BCUT2D eigenvalue weighted by atomic mass is 35.5. The predicted octanol–water partition coefficient (Wildman–Crippen LogP) is 2.60. The zero-order valence-electron chi connectivity index (χ0n) is 11.3. The first kappa shape index (κ1) is 15.8. The Hall–Kier alpha value is -2.60. The number of carbonyl (C=O) groups is 2. The van der Waals surface area contributed by atoms with Crippen molar-refractivity contribution in [2.45, 2.75) is 0 Å². The van der Waals surface area contributed by atoms with Gasteiger partial charge in [-0.05, 0) is 42.5 Å². The van der Waals surface area contributed by atoms with Crippen molar-refractivity contribution in [3.05, 3.63) is 58.9 Å². The Morgan fingerprint density at radius 2 is 1.86 bits per heavy atom. The first-order chi connectivity index (χ1) is 10.5. The van der Waals surface area contributed by atoms with Crippen LogP contribution >= 0.6 is 11.6 Å². The molecule has 2 rings (SSSR count). The first-order valence-corrected chi connectivity index (χ1v) is 6.61. The summed E-state index contributed by atoms with van der Waals surface area (Å²) < 4.78 is 18.7. The van der Waals surface area contributed by atoms with Crippen LogP contribution < -0.4 is 15.8 Å². The molecule has 0 radical (unpaired) electrons. The van der Waals surface area contributed by atoms with Crippen LogP contribution in [-0.2, 0) is 4.79 Å². The summed E-state index contributed by atoms with van der Waals surface area (Å²) in [6.07, 6.45) is 0. The number of hydrogen-bond donors (Lipinski definition) is 2. The lowest BCUT2D eigenvalue weighted by molar-refractivity contribution is -0.119. The van der Waals surface area contributed by atoms with E-state index in [1.807, 2.05) is 0 Å². The Morgan fingerprint density at radius 1 is 1.18 bits per heavy atom. The Bertz CT molecular complexity index is 704. The van der Waals surface area contributed by atoms with Gasteiger partial charge in [0.25, 0.3) is 11.8 Å². The summed E-state index contributed by atoms with van der Waals surface area (Å²) in [5.41, 5.74) is 5.30. The average Bonchev–Trinajstić information content (AvgIpc) is 2.46. The molecule has 2 amide bonds. The zero-order chi connectivity index (χ0) is 16.1. The maximum absolute atomic E-state index is 13.6. The molecular weight excluding hydrogens is 311 g/mol. The van der Waals surface area contributed by atoms with E-state index in [4.69, 9.17) is 22.1 Å². The number of anilines is 1. The molecule has 0 atom stereocenters. The summed E-state index contributed by atoms with van der Waals surface area (Å²) in [6, 6.07) is 10.0. The van der Waals surface area contributed by atoms with Gasteiger partial charge in [0.05, 0.1) is 5.56 Å². The summed E-state index contributed by atoms with van der Waals surface area (Å²) in [5.74, 6) is -1.46. The second-order valence-electron chi connectivity index (χ2n) is 4.36. The molecule has 0 aliphatic rings. The van der Waals surface area contributed by atoms with Crippen molar-refractivity contribution >= 4 is 29.1 Å². The van der Waals surface area contributed by atoms with Crippen LogP contribution in [0.5, 0.6) is 5.75 Å². The number of carbonyl (C=O) groups excluding carboxylic acids is 2. The number of nitrogens with two attached hydrogens (primary N) is 1. The quantitative estimate of drug-likeness (QED) is 0.887. The Morgan fingerprint density at radius 3 is 2.45 bits per heavy atom. The largest absolute Gasteiger partial charge is 0.484 e. The number of halogens is 2. The third kappa shape index (κ3) is 4.20. The van der Waals surface area contributed by atoms with Crippen LogP contribution in [0.1, 0.15) is 10.4 Å². The molecule has 7 heteroatoms. The summed E-state index contributed by atoms with van der Waals surface area (Å²) >= 11 is 5.63. The van der Waals surface area contributed by atoms with E-state index in [9.17, 15) is 14.0 Å².